The topological polar surface area (TPSA) is 116 Å². The van der Waals surface area contributed by atoms with Gasteiger partial charge in [-0.1, -0.05) is 12.1 Å². The van der Waals surface area contributed by atoms with Gasteiger partial charge in [-0.15, -0.1) is 0 Å². The van der Waals surface area contributed by atoms with E-state index >= 15 is 0 Å². The van der Waals surface area contributed by atoms with Crippen LogP contribution in [-0.2, 0) is 10.0 Å². The molecule has 0 aliphatic carbocycles. The molecule has 1 aliphatic heterocycles. The molecule has 2 N–H and O–H groups in total. The van der Waals surface area contributed by atoms with Gasteiger partial charge in [0.1, 0.15) is 22.6 Å². The molecule has 2 aromatic heterocycles. The number of nitrogens with zero attached hydrogens (tertiary/aromatic N) is 5. The monoisotopic (exact) mass is 477 g/mol. The Morgan fingerprint density at radius 1 is 1.09 bits per heavy atom. The van der Waals surface area contributed by atoms with E-state index in [1.807, 2.05) is 11.0 Å². The molecule has 0 atom stereocenters. The number of pyridine rings is 1. The van der Waals surface area contributed by atoms with Crippen molar-refractivity contribution in [2.45, 2.75) is 4.90 Å². The van der Waals surface area contributed by atoms with E-state index in [2.05, 4.69) is 20.7 Å². The van der Waals surface area contributed by atoms with Crippen LogP contribution in [0.5, 0.6) is 0 Å². The first-order valence-corrected chi connectivity index (χ1v) is 12.0. The summed E-state index contributed by atoms with van der Waals surface area (Å²) in [4.78, 5) is 6.14. The molecule has 0 spiro atoms. The molecule has 0 bridgehead atoms. The summed E-state index contributed by atoms with van der Waals surface area (Å²) in [7, 11) is -4.12. The van der Waals surface area contributed by atoms with Gasteiger partial charge in [0, 0.05) is 49.5 Å². The maximum absolute atomic E-state index is 14.8. The lowest BCUT2D eigenvalue weighted by Crippen LogP contribution is -2.43. The van der Waals surface area contributed by atoms with Crippen molar-refractivity contribution in [2.75, 3.05) is 36.4 Å². The van der Waals surface area contributed by atoms with Crippen LogP contribution in [0.1, 0.15) is 5.56 Å². The summed E-state index contributed by atoms with van der Waals surface area (Å²) in [6.07, 6.45) is 2.87. The Balaban J connectivity index is 1.47. The standard InChI is InChI=1S/C23H20FN7O2S/c24-19-11-18(5-6-20(19)30-9-7-26-8-10-30)29-23-12-21-17(14-27-23)15-28-31(21)34(32,33)22-4-2-1-3-16(22)13-25/h1-6,11-12,14-15,26H,7-10H2,(H,27,29). The van der Waals surface area contributed by atoms with Gasteiger partial charge in [0.2, 0.25) is 0 Å². The van der Waals surface area contributed by atoms with E-state index in [9.17, 15) is 18.1 Å². The summed E-state index contributed by atoms with van der Waals surface area (Å²) in [5, 5.41) is 20.1. The van der Waals surface area contributed by atoms with Gasteiger partial charge in [0.25, 0.3) is 10.0 Å². The van der Waals surface area contributed by atoms with E-state index in [4.69, 9.17) is 0 Å². The number of anilines is 3. The molecule has 2 aromatic carbocycles. The first kappa shape index (κ1) is 21.8. The summed E-state index contributed by atoms with van der Waals surface area (Å²) in [5.41, 5.74) is 1.32. The maximum atomic E-state index is 14.8. The SMILES string of the molecule is N#Cc1ccccc1S(=O)(=O)n1ncc2cnc(Nc3ccc(N4CCNCC4)c(F)c3)cc21. The highest BCUT2D eigenvalue weighted by Crippen LogP contribution is 2.27. The molecule has 34 heavy (non-hydrogen) atoms. The molecule has 1 fully saturated rings. The average molecular weight is 478 g/mol. The van der Waals surface area contributed by atoms with Crippen LogP contribution in [0.4, 0.5) is 21.6 Å². The zero-order valence-electron chi connectivity index (χ0n) is 17.9. The van der Waals surface area contributed by atoms with Crippen LogP contribution in [0.25, 0.3) is 10.9 Å². The molecule has 0 saturated carbocycles. The Morgan fingerprint density at radius 2 is 1.88 bits per heavy atom. The molecule has 3 heterocycles. The van der Waals surface area contributed by atoms with E-state index in [0.29, 0.717) is 22.6 Å². The Bertz CT molecular complexity index is 1520. The van der Waals surface area contributed by atoms with Crippen molar-refractivity contribution in [3.63, 3.8) is 0 Å². The predicted molar refractivity (Wildman–Crippen MR) is 126 cm³/mol. The Kier molecular flexibility index (Phi) is 5.61. The second-order valence-electron chi connectivity index (χ2n) is 7.76. The minimum Gasteiger partial charge on any atom is -0.367 e. The molecule has 11 heteroatoms. The second kappa shape index (κ2) is 8.74. The number of nitrogens with one attached hydrogen (secondary N) is 2. The quantitative estimate of drug-likeness (QED) is 0.451. The fourth-order valence-corrected chi connectivity index (χ4v) is 5.35. The molecule has 5 rings (SSSR count). The number of halogens is 1. The third-order valence-corrected chi connectivity index (χ3v) is 7.27. The van der Waals surface area contributed by atoms with Crippen molar-refractivity contribution in [2.24, 2.45) is 0 Å². The van der Waals surface area contributed by atoms with Crippen LogP contribution < -0.4 is 15.5 Å². The third kappa shape index (κ3) is 3.93. The lowest BCUT2D eigenvalue weighted by molar-refractivity contribution is 0.566. The van der Waals surface area contributed by atoms with Crippen molar-refractivity contribution in [1.82, 2.24) is 19.5 Å². The van der Waals surface area contributed by atoms with E-state index in [-0.39, 0.29) is 21.8 Å². The lowest BCUT2D eigenvalue weighted by atomic mass is 10.2. The highest BCUT2D eigenvalue weighted by Gasteiger charge is 2.24. The van der Waals surface area contributed by atoms with Gasteiger partial charge in [-0.25, -0.2) is 9.37 Å². The number of piperazine rings is 1. The predicted octanol–water partition coefficient (Wildman–Crippen LogP) is 2.83. The van der Waals surface area contributed by atoms with Crippen molar-refractivity contribution >= 4 is 38.1 Å². The first-order chi connectivity index (χ1) is 16.5. The van der Waals surface area contributed by atoms with Crippen molar-refractivity contribution < 1.29 is 12.8 Å². The molecule has 9 nitrogen and oxygen atoms in total. The fourth-order valence-electron chi connectivity index (χ4n) is 3.93. The van der Waals surface area contributed by atoms with Crippen LogP contribution >= 0.6 is 0 Å². The van der Waals surface area contributed by atoms with Gasteiger partial charge in [-0.3, -0.25) is 0 Å². The first-order valence-electron chi connectivity index (χ1n) is 10.6. The zero-order chi connectivity index (χ0) is 23.7. The minimum atomic E-state index is -4.12. The van der Waals surface area contributed by atoms with E-state index in [0.717, 1.165) is 30.3 Å². The van der Waals surface area contributed by atoms with Gasteiger partial charge in [0.05, 0.1) is 23.0 Å². The van der Waals surface area contributed by atoms with Crippen LogP contribution in [0.15, 0.2) is 65.8 Å². The zero-order valence-corrected chi connectivity index (χ0v) is 18.8. The minimum absolute atomic E-state index is 0.0265. The summed E-state index contributed by atoms with van der Waals surface area (Å²) < 4.78 is 42.1. The number of aromatic nitrogens is 3. The summed E-state index contributed by atoms with van der Waals surface area (Å²) in [5.74, 6) is -0.0268. The molecule has 4 aromatic rings. The van der Waals surface area contributed by atoms with Crippen LogP contribution in [0.2, 0.25) is 0 Å². The second-order valence-corrected chi connectivity index (χ2v) is 9.49. The highest BCUT2D eigenvalue weighted by molar-refractivity contribution is 7.90. The van der Waals surface area contributed by atoms with E-state index < -0.39 is 10.0 Å². The van der Waals surface area contributed by atoms with E-state index in [1.165, 1.54) is 36.7 Å². The number of hydrogen-bond donors (Lipinski definition) is 2. The summed E-state index contributed by atoms with van der Waals surface area (Å²) in [6.45, 7) is 3.07. The molecule has 172 valence electrons. The molecular weight excluding hydrogens is 457 g/mol. The average Bonchev–Trinajstić information content (AvgIpc) is 3.29. The smallest absolute Gasteiger partial charge is 0.284 e. The Labute approximate surface area is 195 Å². The van der Waals surface area contributed by atoms with E-state index in [1.54, 1.807) is 24.3 Å². The van der Waals surface area contributed by atoms with Crippen LogP contribution in [0.3, 0.4) is 0 Å². The fraction of sp³-hybridized carbons (Fsp3) is 0.174. The van der Waals surface area contributed by atoms with Crippen molar-refractivity contribution in [1.29, 1.82) is 5.26 Å². The van der Waals surface area contributed by atoms with Gasteiger partial charge < -0.3 is 15.5 Å². The third-order valence-electron chi connectivity index (χ3n) is 5.61. The van der Waals surface area contributed by atoms with Gasteiger partial charge >= 0.3 is 0 Å². The highest BCUT2D eigenvalue weighted by atomic mass is 32.2. The maximum Gasteiger partial charge on any atom is 0.284 e. The number of benzene rings is 2. The van der Waals surface area contributed by atoms with Gasteiger partial charge in [0.15, 0.2) is 0 Å². The number of fused-ring (bicyclic) bond motifs is 1. The Morgan fingerprint density at radius 3 is 2.65 bits per heavy atom. The summed E-state index contributed by atoms with van der Waals surface area (Å²) in [6, 6.07) is 14.2. The number of hydrogen-bond acceptors (Lipinski definition) is 8. The van der Waals surface area contributed by atoms with Crippen molar-refractivity contribution in [3.8, 4) is 6.07 Å². The molecule has 0 radical (unpaired) electrons. The Hall–Kier alpha value is -4.01. The molecule has 1 aliphatic rings. The van der Waals surface area contributed by atoms with Gasteiger partial charge in [-0.05, 0) is 30.3 Å². The normalized spacial score (nSPS) is 14.2. The molecule has 0 amide bonds. The van der Waals surface area contributed by atoms with Crippen LogP contribution in [-0.4, -0.2) is 48.8 Å². The van der Waals surface area contributed by atoms with Gasteiger partial charge in [-0.2, -0.15) is 22.9 Å². The molecular formula is C23H20FN7O2S. The largest absolute Gasteiger partial charge is 0.367 e. The lowest BCUT2D eigenvalue weighted by Gasteiger charge is -2.29. The number of nitriles is 1. The molecule has 1 saturated heterocycles. The number of rotatable bonds is 5. The van der Waals surface area contributed by atoms with Crippen LogP contribution in [0, 0.1) is 17.1 Å². The van der Waals surface area contributed by atoms with Crippen molar-refractivity contribution in [3.05, 3.63) is 72.3 Å². The summed E-state index contributed by atoms with van der Waals surface area (Å²) >= 11 is 0. The molecule has 0 unspecified atom stereocenters.